The van der Waals surface area contributed by atoms with E-state index in [9.17, 15) is 14.9 Å². The van der Waals surface area contributed by atoms with Crippen molar-refractivity contribution >= 4 is 40.3 Å². The number of nitro benzene ring substituents is 1. The zero-order valence-corrected chi connectivity index (χ0v) is 18.0. The van der Waals surface area contributed by atoms with Crippen LogP contribution in [-0.2, 0) is 11.4 Å². The molecule has 1 amide bonds. The molecular formula is C24H19N3O4S. The van der Waals surface area contributed by atoms with Crippen LogP contribution in [0.3, 0.4) is 0 Å². The fraction of sp³-hybridized carbons (Fsp3) is 0.0833. The lowest BCUT2D eigenvalue weighted by Crippen LogP contribution is -2.19. The molecule has 1 aliphatic rings. The number of aliphatic imine (C=N–C) groups is 1. The Morgan fingerprint density at radius 2 is 1.84 bits per heavy atom. The SMILES string of the molecule is Cc1cc([N+](=O)[O-])ccc1N=C1NC(=O)/C(=C\c2ccc(OCc3ccccc3)cc2)S1. The standard InChI is InChI=1S/C24H19N3O4S/c1-16-13-19(27(29)30)9-12-21(16)25-24-26-23(28)22(32-24)14-17-7-10-20(11-8-17)31-15-18-5-3-2-4-6-18/h2-14H,15H2,1H3,(H,25,26,28)/b22-14+. The molecule has 1 saturated heterocycles. The molecule has 7 nitrogen and oxygen atoms in total. The van der Waals surface area contributed by atoms with Crippen LogP contribution in [0.4, 0.5) is 11.4 Å². The molecule has 1 fully saturated rings. The monoisotopic (exact) mass is 445 g/mol. The van der Waals surface area contributed by atoms with Gasteiger partial charge in [-0.25, -0.2) is 4.99 Å². The molecule has 3 aromatic carbocycles. The smallest absolute Gasteiger partial charge is 0.269 e. The highest BCUT2D eigenvalue weighted by Gasteiger charge is 2.24. The van der Waals surface area contributed by atoms with Crippen LogP contribution in [0.2, 0.25) is 0 Å². The van der Waals surface area contributed by atoms with Gasteiger partial charge in [-0.05, 0) is 59.7 Å². The molecule has 0 aromatic heterocycles. The van der Waals surface area contributed by atoms with Gasteiger partial charge in [0.1, 0.15) is 12.4 Å². The number of hydrogen-bond acceptors (Lipinski definition) is 6. The highest BCUT2D eigenvalue weighted by Crippen LogP contribution is 2.30. The maximum absolute atomic E-state index is 12.3. The van der Waals surface area contributed by atoms with Crippen molar-refractivity contribution in [3.8, 4) is 5.75 Å². The molecule has 0 saturated carbocycles. The lowest BCUT2D eigenvalue weighted by molar-refractivity contribution is -0.384. The van der Waals surface area contributed by atoms with Crippen LogP contribution in [-0.4, -0.2) is 16.0 Å². The second kappa shape index (κ2) is 9.49. The summed E-state index contributed by atoms with van der Waals surface area (Å²) in [6.07, 6.45) is 1.78. The molecule has 0 spiro atoms. The maximum Gasteiger partial charge on any atom is 0.269 e. The molecule has 1 heterocycles. The van der Waals surface area contributed by atoms with Crippen molar-refractivity contribution in [2.24, 2.45) is 4.99 Å². The molecular weight excluding hydrogens is 426 g/mol. The Bertz CT molecular complexity index is 1220. The van der Waals surface area contributed by atoms with Gasteiger partial charge in [-0.15, -0.1) is 0 Å². The van der Waals surface area contributed by atoms with E-state index in [1.807, 2.05) is 54.6 Å². The maximum atomic E-state index is 12.3. The lowest BCUT2D eigenvalue weighted by atomic mass is 10.2. The van der Waals surface area contributed by atoms with Crippen molar-refractivity contribution in [1.29, 1.82) is 0 Å². The molecule has 0 aliphatic carbocycles. The van der Waals surface area contributed by atoms with Crippen LogP contribution in [0.1, 0.15) is 16.7 Å². The number of hydrogen-bond donors (Lipinski definition) is 1. The number of non-ortho nitro benzene ring substituents is 1. The summed E-state index contributed by atoms with van der Waals surface area (Å²) in [5, 5.41) is 14.1. The molecule has 0 bridgehead atoms. The Morgan fingerprint density at radius 1 is 1.09 bits per heavy atom. The van der Waals surface area contributed by atoms with Gasteiger partial charge in [-0.2, -0.15) is 0 Å². The Balaban J connectivity index is 1.43. The Labute approximate surface area is 189 Å². The molecule has 0 unspecified atom stereocenters. The largest absolute Gasteiger partial charge is 0.489 e. The third-order valence-corrected chi connectivity index (χ3v) is 5.60. The zero-order valence-electron chi connectivity index (χ0n) is 17.1. The highest BCUT2D eigenvalue weighted by molar-refractivity contribution is 8.18. The van der Waals surface area contributed by atoms with Gasteiger partial charge in [0.25, 0.3) is 11.6 Å². The number of amidine groups is 1. The molecule has 0 atom stereocenters. The van der Waals surface area contributed by atoms with Gasteiger partial charge in [-0.1, -0.05) is 42.5 Å². The van der Waals surface area contributed by atoms with Crippen molar-refractivity contribution < 1.29 is 14.5 Å². The van der Waals surface area contributed by atoms with E-state index in [1.54, 1.807) is 19.1 Å². The minimum Gasteiger partial charge on any atom is -0.489 e. The number of nitrogens with one attached hydrogen (secondary N) is 1. The van der Waals surface area contributed by atoms with Gasteiger partial charge in [0.15, 0.2) is 5.17 Å². The van der Waals surface area contributed by atoms with Gasteiger partial charge in [0, 0.05) is 12.1 Å². The summed E-state index contributed by atoms with van der Waals surface area (Å²) >= 11 is 1.22. The average Bonchev–Trinajstić information content (AvgIpc) is 3.13. The van der Waals surface area contributed by atoms with E-state index in [4.69, 9.17) is 4.74 Å². The first-order valence-corrected chi connectivity index (χ1v) is 10.6. The first-order valence-electron chi connectivity index (χ1n) is 9.79. The third kappa shape index (κ3) is 5.22. The van der Waals surface area contributed by atoms with Gasteiger partial charge in [0.05, 0.1) is 15.5 Å². The molecule has 1 N–H and O–H groups in total. The number of amides is 1. The number of aryl methyl sites for hydroxylation is 1. The summed E-state index contributed by atoms with van der Waals surface area (Å²) in [7, 11) is 0. The Kier molecular flexibility index (Phi) is 6.32. The minimum atomic E-state index is -0.450. The molecule has 160 valence electrons. The van der Waals surface area contributed by atoms with Crippen molar-refractivity contribution in [3.05, 3.63) is 105 Å². The first-order chi connectivity index (χ1) is 15.5. The molecule has 32 heavy (non-hydrogen) atoms. The van der Waals surface area contributed by atoms with Crippen molar-refractivity contribution in [2.75, 3.05) is 0 Å². The van der Waals surface area contributed by atoms with E-state index in [2.05, 4.69) is 10.3 Å². The fourth-order valence-corrected chi connectivity index (χ4v) is 3.86. The summed E-state index contributed by atoms with van der Waals surface area (Å²) < 4.78 is 5.79. The van der Waals surface area contributed by atoms with E-state index in [0.29, 0.717) is 27.9 Å². The normalized spacial score (nSPS) is 15.7. The number of nitrogens with zero attached hydrogens (tertiary/aromatic N) is 2. The minimum absolute atomic E-state index is 0.00587. The number of ether oxygens (including phenoxy) is 1. The van der Waals surface area contributed by atoms with Crippen LogP contribution in [0.15, 0.2) is 82.7 Å². The Hall–Kier alpha value is -3.91. The van der Waals surface area contributed by atoms with Crippen molar-refractivity contribution in [2.45, 2.75) is 13.5 Å². The van der Waals surface area contributed by atoms with E-state index in [0.717, 1.165) is 16.9 Å². The number of rotatable bonds is 6. The fourth-order valence-electron chi connectivity index (χ4n) is 3.02. The van der Waals surface area contributed by atoms with E-state index < -0.39 is 4.92 Å². The van der Waals surface area contributed by atoms with Crippen LogP contribution < -0.4 is 10.1 Å². The topological polar surface area (TPSA) is 93.8 Å². The van der Waals surface area contributed by atoms with Crippen LogP contribution in [0, 0.1) is 17.0 Å². The highest BCUT2D eigenvalue weighted by atomic mass is 32.2. The molecule has 0 radical (unpaired) electrons. The Morgan fingerprint density at radius 3 is 2.53 bits per heavy atom. The summed E-state index contributed by atoms with van der Waals surface area (Å²) in [5.74, 6) is 0.508. The number of carbonyl (C=O) groups excluding carboxylic acids is 1. The number of thioether (sulfide) groups is 1. The lowest BCUT2D eigenvalue weighted by Gasteiger charge is -2.06. The van der Waals surface area contributed by atoms with Gasteiger partial charge < -0.3 is 10.1 Å². The van der Waals surface area contributed by atoms with Gasteiger partial charge in [-0.3, -0.25) is 14.9 Å². The second-order valence-corrected chi connectivity index (χ2v) is 8.08. The number of benzene rings is 3. The van der Waals surface area contributed by atoms with Crippen molar-refractivity contribution in [3.63, 3.8) is 0 Å². The van der Waals surface area contributed by atoms with Crippen LogP contribution in [0.5, 0.6) is 5.75 Å². The van der Waals surface area contributed by atoms with Crippen LogP contribution >= 0.6 is 11.8 Å². The summed E-state index contributed by atoms with van der Waals surface area (Å²) in [6, 6.07) is 21.8. The van der Waals surface area contributed by atoms with Gasteiger partial charge in [0.2, 0.25) is 0 Å². The molecule has 3 aromatic rings. The molecule has 8 heteroatoms. The van der Waals surface area contributed by atoms with Gasteiger partial charge >= 0.3 is 0 Å². The summed E-state index contributed by atoms with van der Waals surface area (Å²) in [4.78, 5) is 27.7. The first kappa shape index (κ1) is 21.3. The number of nitro groups is 1. The molecule has 4 rings (SSSR count). The average molecular weight is 446 g/mol. The van der Waals surface area contributed by atoms with E-state index in [-0.39, 0.29) is 11.6 Å². The van der Waals surface area contributed by atoms with E-state index >= 15 is 0 Å². The predicted molar refractivity (Wildman–Crippen MR) is 126 cm³/mol. The second-order valence-electron chi connectivity index (χ2n) is 7.05. The predicted octanol–water partition coefficient (Wildman–Crippen LogP) is 5.37. The van der Waals surface area contributed by atoms with Crippen molar-refractivity contribution in [1.82, 2.24) is 5.32 Å². The summed E-state index contributed by atoms with van der Waals surface area (Å²) in [5.41, 5.74) is 3.19. The molecule has 1 aliphatic heterocycles. The number of carbonyl (C=O) groups is 1. The third-order valence-electron chi connectivity index (χ3n) is 4.69. The quantitative estimate of drug-likeness (QED) is 0.313. The van der Waals surface area contributed by atoms with E-state index in [1.165, 1.54) is 23.9 Å². The van der Waals surface area contributed by atoms with Crippen LogP contribution in [0.25, 0.3) is 6.08 Å². The zero-order chi connectivity index (χ0) is 22.5. The summed E-state index contributed by atoms with van der Waals surface area (Å²) in [6.45, 7) is 2.23.